The number of aromatic hydroxyl groups is 2. The van der Waals surface area contributed by atoms with Gasteiger partial charge in [0.05, 0.1) is 13.1 Å². The fourth-order valence-corrected chi connectivity index (χ4v) is 6.54. The lowest BCUT2D eigenvalue weighted by molar-refractivity contribution is 0.279. The van der Waals surface area contributed by atoms with E-state index in [1.165, 1.54) is 11.1 Å². The molecule has 1 aliphatic carbocycles. The Morgan fingerprint density at radius 1 is 0.600 bits per heavy atom. The molecule has 0 heterocycles. The molecule has 0 saturated heterocycles. The van der Waals surface area contributed by atoms with E-state index >= 15 is 0 Å². The molecule has 0 bridgehead atoms. The SMILES string of the molecule is CC(C)(C)c1cc(/C=N/Cc2ccccc2)c(O)c(CNC2CCCCC2NCc2cc(C(C)(C)C)cc(/C=N/Cc3ccccc3)c2O)c1. The highest BCUT2D eigenvalue weighted by Crippen LogP contribution is 2.33. The minimum absolute atomic E-state index is 0.0753. The molecule has 5 rings (SSSR count). The molecule has 1 fully saturated rings. The molecule has 0 spiro atoms. The van der Waals surface area contributed by atoms with E-state index in [1.54, 1.807) is 0 Å². The van der Waals surface area contributed by atoms with E-state index in [4.69, 9.17) is 0 Å². The molecule has 6 heteroatoms. The molecule has 0 aliphatic heterocycles. The minimum atomic E-state index is -0.0753. The maximum Gasteiger partial charge on any atom is 0.128 e. The van der Waals surface area contributed by atoms with Gasteiger partial charge in [-0.1, -0.05) is 127 Å². The number of aliphatic imine (C=N–C) groups is 2. The van der Waals surface area contributed by atoms with Gasteiger partial charge in [-0.2, -0.15) is 0 Å². The van der Waals surface area contributed by atoms with Crippen LogP contribution in [0, 0.1) is 0 Å². The zero-order chi connectivity index (χ0) is 35.7. The molecule has 50 heavy (non-hydrogen) atoms. The van der Waals surface area contributed by atoms with Crippen LogP contribution in [0.1, 0.15) is 112 Å². The van der Waals surface area contributed by atoms with Crippen LogP contribution in [0.25, 0.3) is 0 Å². The fourth-order valence-electron chi connectivity index (χ4n) is 6.54. The van der Waals surface area contributed by atoms with Crippen LogP contribution in [0.3, 0.4) is 0 Å². The highest BCUT2D eigenvalue weighted by Gasteiger charge is 2.26. The first-order valence-electron chi connectivity index (χ1n) is 18.2. The molecule has 0 radical (unpaired) electrons. The summed E-state index contributed by atoms with van der Waals surface area (Å²) in [5.41, 5.74) is 7.74. The molecule has 2 unspecified atom stereocenters. The van der Waals surface area contributed by atoms with E-state index < -0.39 is 0 Å². The monoisotopic (exact) mass is 672 g/mol. The lowest BCUT2D eigenvalue weighted by atomic mass is 9.84. The van der Waals surface area contributed by atoms with Gasteiger partial charge in [0.2, 0.25) is 0 Å². The fraction of sp³-hybridized carbons (Fsp3) is 0.409. The van der Waals surface area contributed by atoms with Gasteiger partial charge in [0.25, 0.3) is 0 Å². The molecule has 2 atom stereocenters. The predicted molar refractivity (Wildman–Crippen MR) is 209 cm³/mol. The first-order valence-corrected chi connectivity index (χ1v) is 18.2. The maximum absolute atomic E-state index is 11.4. The number of hydrogen-bond acceptors (Lipinski definition) is 6. The molecule has 0 aromatic heterocycles. The quantitative estimate of drug-likeness (QED) is 0.113. The number of nitrogens with zero attached hydrogens (tertiary/aromatic N) is 2. The summed E-state index contributed by atoms with van der Waals surface area (Å²) in [6.07, 6.45) is 8.04. The number of nitrogens with one attached hydrogen (secondary N) is 2. The second-order valence-electron chi connectivity index (χ2n) is 15.8. The Balaban J connectivity index is 1.30. The number of rotatable bonds is 12. The molecule has 4 N–H and O–H groups in total. The van der Waals surface area contributed by atoms with Crippen molar-refractivity contribution in [3.05, 3.63) is 129 Å². The Morgan fingerprint density at radius 2 is 0.980 bits per heavy atom. The Hall–Kier alpha value is -4.26. The summed E-state index contributed by atoms with van der Waals surface area (Å²) >= 11 is 0. The molecule has 264 valence electrons. The third-order valence-corrected chi connectivity index (χ3v) is 9.74. The van der Waals surface area contributed by atoms with E-state index in [0.717, 1.165) is 59.1 Å². The Bertz CT molecular complexity index is 1620. The van der Waals surface area contributed by atoms with Gasteiger partial charge in [0, 0.05) is 59.9 Å². The lowest BCUT2D eigenvalue weighted by Gasteiger charge is -2.34. The second-order valence-corrected chi connectivity index (χ2v) is 15.8. The van der Waals surface area contributed by atoms with Gasteiger partial charge >= 0.3 is 0 Å². The zero-order valence-electron chi connectivity index (χ0n) is 30.8. The third kappa shape index (κ3) is 10.1. The zero-order valence-corrected chi connectivity index (χ0v) is 30.8. The summed E-state index contributed by atoms with van der Waals surface area (Å²) in [5.74, 6) is 0.570. The van der Waals surface area contributed by atoms with E-state index in [1.807, 2.05) is 48.8 Å². The van der Waals surface area contributed by atoms with Crippen molar-refractivity contribution in [2.45, 2.75) is 116 Å². The van der Waals surface area contributed by atoms with Gasteiger partial charge in [-0.05, 0) is 58.1 Å². The van der Waals surface area contributed by atoms with Crippen LogP contribution >= 0.6 is 0 Å². The van der Waals surface area contributed by atoms with Crippen molar-refractivity contribution >= 4 is 12.4 Å². The average molecular weight is 673 g/mol. The number of benzene rings is 4. The number of phenolic OH excluding ortho intramolecular Hbond substituents is 2. The van der Waals surface area contributed by atoms with E-state index in [-0.39, 0.29) is 34.4 Å². The van der Waals surface area contributed by atoms with Crippen LogP contribution in [0.4, 0.5) is 0 Å². The van der Waals surface area contributed by atoms with Gasteiger partial charge in [-0.3, -0.25) is 9.98 Å². The Morgan fingerprint density at radius 3 is 1.34 bits per heavy atom. The third-order valence-electron chi connectivity index (χ3n) is 9.74. The predicted octanol–water partition coefficient (Wildman–Crippen LogP) is 9.12. The van der Waals surface area contributed by atoms with E-state index in [0.29, 0.717) is 26.2 Å². The maximum atomic E-state index is 11.4. The van der Waals surface area contributed by atoms with Crippen LogP contribution in [-0.2, 0) is 37.0 Å². The van der Waals surface area contributed by atoms with Gasteiger partial charge in [-0.25, -0.2) is 0 Å². The Kier molecular flexibility index (Phi) is 12.3. The molecular weight excluding hydrogens is 617 g/mol. The first kappa shape index (κ1) is 37.0. The normalized spacial score (nSPS) is 17.2. The molecule has 1 saturated carbocycles. The van der Waals surface area contributed by atoms with Crippen molar-refractivity contribution in [3.63, 3.8) is 0 Å². The number of phenols is 2. The molecule has 4 aromatic carbocycles. The summed E-state index contributed by atoms with van der Waals surface area (Å²) in [7, 11) is 0. The lowest BCUT2D eigenvalue weighted by Crippen LogP contribution is -2.49. The summed E-state index contributed by atoms with van der Waals surface area (Å²) in [6, 6.07) is 29.2. The van der Waals surface area contributed by atoms with Gasteiger partial charge in [-0.15, -0.1) is 0 Å². The smallest absolute Gasteiger partial charge is 0.128 e. The Labute approximate surface area is 299 Å². The topological polar surface area (TPSA) is 89.2 Å². The largest absolute Gasteiger partial charge is 0.507 e. The van der Waals surface area contributed by atoms with Crippen molar-refractivity contribution in [2.24, 2.45) is 9.98 Å². The van der Waals surface area contributed by atoms with Gasteiger partial charge in [0.1, 0.15) is 11.5 Å². The molecular formula is C44H56N4O2. The highest BCUT2D eigenvalue weighted by atomic mass is 16.3. The second kappa shape index (κ2) is 16.6. The van der Waals surface area contributed by atoms with Crippen LogP contribution in [0.2, 0.25) is 0 Å². The summed E-state index contributed by atoms with van der Waals surface area (Å²) < 4.78 is 0. The van der Waals surface area contributed by atoms with Gasteiger partial charge in [0.15, 0.2) is 0 Å². The van der Waals surface area contributed by atoms with E-state index in [2.05, 4.69) is 111 Å². The van der Waals surface area contributed by atoms with Crippen LogP contribution in [0.15, 0.2) is 94.9 Å². The van der Waals surface area contributed by atoms with Crippen LogP contribution < -0.4 is 10.6 Å². The van der Waals surface area contributed by atoms with Crippen LogP contribution in [-0.4, -0.2) is 34.7 Å². The average Bonchev–Trinajstić information content (AvgIpc) is 3.09. The summed E-state index contributed by atoms with van der Waals surface area (Å²) in [4.78, 5) is 9.35. The number of hydrogen-bond donors (Lipinski definition) is 4. The molecule has 0 amide bonds. The molecule has 6 nitrogen and oxygen atoms in total. The molecule has 1 aliphatic rings. The molecule has 4 aromatic rings. The van der Waals surface area contributed by atoms with Crippen molar-refractivity contribution < 1.29 is 10.2 Å². The van der Waals surface area contributed by atoms with Crippen molar-refractivity contribution in [1.29, 1.82) is 0 Å². The van der Waals surface area contributed by atoms with E-state index in [9.17, 15) is 10.2 Å². The minimum Gasteiger partial charge on any atom is -0.507 e. The summed E-state index contributed by atoms with van der Waals surface area (Å²) in [6.45, 7) is 15.5. The van der Waals surface area contributed by atoms with Crippen molar-refractivity contribution in [2.75, 3.05) is 0 Å². The van der Waals surface area contributed by atoms with Gasteiger partial charge < -0.3 is 20.8 Å². The summed E-state index contributed by atoms with van der Waals surface area (Å²) in [5, 5.41) is 30.4. The van der Waals surface area contributed by atoms with Crippen molar-refractivity contribution in [1.82, 2.24) is 10.6 Å². The first-order chi connectivity index (χ1) is 23.9. The highest BCUT2D eigenvalue weighted by molar-refractivity contribution is 5.85. The van der Waals surface area contributed by atoms with Crippen LogP contribution in [0.5, 0.6) is 11.5 Å². The standard InChI is InChI=1S/C44H56N4O2/c1-43(2,3)37-21-33(27-45-25-31-15-9-7-10-16-31)41(49)35(23-37)29-47-39-19-13-14-20-40(39)48-30-36-24-38(44(4,5)6)22-34(42(36)50)28-46-26-32-17-11-8-12-18-32/h7-12,15-18,21-24,27-28,39-40,47-50H,13-14,19-20,25-26,29-30H2,1-6H3/b45-27+,46-28+. The van der Waals surface area contributed by atoms with Crippen molar-refractivity contribution in [3.8, 4) is 11.5 Å².